The first-order valence-corrected chi connectivity index (χ1v) is 5.83. The molecule has 0 spiro atoms. The molecule has 3 heteroatoms. The maximum Gasteiger partial charge on any atom is 0.123 e. The van der Waals surface area contributed by atoms with Gasteiger partial charge in [0.1, 0.15) is 5.82 Å². The molecule has 0 aliphatic carbocycles. The first-order valence-electron chi connectivity index (χ1n) is 4.67. The number of benzene rings is 1. The Labute approximate surface area is 88.3 Å². The van der Waals surface area contributed by atoms with Crippen LogP contribution in [0.2, 0.25) is 0 Å². The van der Waals surface area contributed by atoms with E-state index in [4.69, 9.17) is 5.11 Å². The Bertz CT molecular complexity index is 289. The molecule has 1 aromatic carbocycles. The van der Waals surface area contributed by atoms with Crippen LogP contribution >= 0.6 is 11.8 Å². The highest BCUT2D eigenvalue weighted by Crippen LogP contribution is 2.17. The summed E-state index contributed by atoms with van der Waals surface area (Å²) in [5.41, 5.74) is 2.18. The van der Waals surface area contributed by atoms with E-state index in [9.17, 15) is 4.39 Å². The van der Waals surface area contributed by atoms with Crippen molar-refractivity contribution in [1.29, 1.82) is 0 Å². The van der Waals surface area contributed by atoms with Crippen molar-refractivity contribution in [1.82, 2.24) is 0 Å². The molecule has 0 saturated carbocycles. The van der Waals surface area contributed by atoms with Crippen LogP contribution in [0, 0.1) is 12.7 Å². The van der Waals surface area contributed by atoms with E-state index < -0.39 is 0 Å². The van der Waals surface area contributed by atoms with Crippen LogP contribution in [0.1, 0.15) is 17.5 Å². The van der Waals surface area contributed by atoms with E-state index in [1.807, 2.05) is 13.0 Å². The summed E-state index contributed by atoms with van der Waals surface area (Å²) in [6.45, 7) is 2.17. The molecule has 78 valence electrons. The van der Waals surface area contributed by atoms with Crippen LogP contribution in [0.15, 0.2) is 18.2 Å². The van der Waals surface area contributed by atoms with Gasteiger partial charge >= 0.3 is 0 Å². The number of hydrogen-bond acceptors (Lipinski definition) is 2. The molecule has 0 aromatic heterocycles. The van der Waals surface area contributed by atoms with Crippen molar-refractivity contribution in [2.75, 3.05) is 12.4 Å². The predicted octanol–water partition coefficient (Wildman–Crippen LogP) is 2.75. The summed E-state index contributed by atoms with van der Waals surface area (Å²) < 4.78 is 12.8. The first-order chi connectivity index (χ1) is 6.74. The molecular weight excluding hydrogens is 199 g/mol. The highest BCUT2D eigenvalue weighted by molar-refractivity contribution is 7.98. The Morgan fingerprint density at radius 1 is 1.43 bits per heavy atom. The lowest BCUT2D eigenvalue weighted by atomic mass is 10.1. The minimum Gasteiger partial charge on any atom is -0.396 e. The van der Waals surface area contributed by atoms with Gasteiger partial charge in [-0.2, -0.15) is 11.8 Å². The molecule has 0 aliphatic heterocycles. The fourth-order valence-electron chi connectivity index (χ4n) is 1.17. The monoisotopic (exact) mass is 214 g/mol. The summed E-state index contributed by atoms with van der Waals surface area (Å²) in [5, 5.41) is 8.59. The summed E-state index contributed by atoms with van der Waals surface area (Å²) >= 11 is 1.77. The normalized spacial score (nSPS) is 10.5. The summed E-state index contributed by atoms with van der Waals surface area (Å²) in [6.07, 6.45) is 0.824. The smallest absolute Gasteiger partial charge is 0.123 e. The zero-order chi connectivity index (χ0) is 10.4. The zero-order valence-electron chi connectivity index (χ0n) is 8.29. The van der Waals surface area contributed by atoms with Crippen LogP contribution in [0.4, 0.5) is 4.39 Å². The van der Waals surface area contributed by atoms with Crippen LogP contribution in [0.3, 0.4) is 0 Å². The van der Waals surface area contributed by atoms with Crippen molar-refractivity contribution < 1.29 is 9.50 Å². The topological polar surface area (TPSA) is 20.2 Å². The number of halogens is 1. The summed E-state index contributed by atoms with van der Waals surface area (Å²) in [4.78, 5) is 0. The second kappa shape index (κ2) is 6.04. The van der Waals surface area contributed by atoms with Gasteiger partial charge in [0, 0.05) is 12.4 Å². The van der Waals surface area contributed by atoms with Crippen molar-refractivity contribution >= 4 is 11.8 Å². The third kappa shape index (κ3) is 3.68. The van der Waals surface area contributed by atoms with Gasteiger partial charge in [-0.1, -0.05) is 6.07 Å². The van der Waals surface area contributed by atoms with Gasteiger partial charge < -0.3 is 5.11 Å². The number of aliphatic hydroxyl groups excluding tert-OH is 1. The average molecular weight is 214 g/mol. The molecule has 1 rings (SSSR count). The van der Waals surface area contributed by atoms with Crippen LogP contribution in [0.25, 0.3) is 0 Å². The van der Waals surface area contributed by atoms with Crippen LogP contribution in [-0.4, -0.2) is 17.5 Å². The van der Waals surface area contributed by atoms with E-state index in [2.05, 4.69) is 0 Å². The van der Waals surface area contributed by atoms with E-state index in [-0.39, 0.29) is 12.4 Å². The molecule has 0 fully saturated rings. The summed E-state index contributed by atoms with van der Waals surface area (Å²) in [5.74, 6) is 1.67. The maximum atomic E-state index is 12.8. The van der Waals surface area contributed by atoms with Crippen molar-refractivity contribution in [3.05, 3.63) is 35.1 Å². The lowest BCUT2D eigenvalue weighted by Crippen LogP contribution is -1.90. The molecule has 0 saturated heterocycles. The standard InChI is InChI=1S/C11H15FOS/c1-9-7-11(12)4-3-10(9)8-14-6-2-5-13/h3-4,7,13H,2,5-6,8H2,1H3. The lowest BCUT2D eigenvalue weighted by Gasteiger charge is -2.04. The Morgan fingerprint density at radius 2 is 2.21 bits per heavy atom. The van der Waals surface area contributed by atoms with Gasteiger partial charge in [0.2, 0.25) is 0 Å². The van der Waals surface area contributed by atoms with Gasteiger partial charge in [0.25, 0.3) is 0 Å². The molecule has 0 atom stereocenters. The molecule has 14 heavy (non-hydrogen) atoms. The molecule has 0 aliphatic rings. The van der Waals surface area contributed by atoms with E-state index in [0.29, 0.717) is 0 Å². The molecule has 1 nitrogen and oxygen atoms in total. The second-order valence-electron chi connectivity index (χ2n) is 3.20. The van der Waals surface area contributed by atoms with Gasteiger partial charge in [0.05, 0.1) is 0 Å². The average Bonchev–Trinajstić information content (AvgIpc) is 2.15. The van der Waals surface area contributed by atoms with Crippen LogP contribution in [0.5, 0.6) is 0 Å². The van der Waals surface area contributed by atoms with Crippen molar-refractivity contribution in [3.8, 4) is 0 Å². The van der Waals surface area contributed by atoms with E-state index in [1.165, 1.54) is 11.6 Å². The Morgan fingerprint density at radius 3 is 2.86 bits per heavy atom. The third-order valence-electron chi connectivity index (χ3n) is 2.01. The Balaban J connectivity index is 2.42. The number of rotatable bonds is 5. The zero-order valence-corrected chi connectivity index (χ0v) is 9.11. The van der Waals surface area contributed by atoms with Gasteiger partial charge in [-0.05, 0) is 42.4 Å². The molecule has 1 aromatic rings. The lowest BCUT2D eigenvalue weighted by molar-refractivity contribution is 0.296. The maximum absolute atomic E-state index is 12.8. The molecule has 0 amide bonds. The second-order valence-corrected chi connectivity index (χ2v) is 4.31. The van der Waals surface area contributed by atoms with E-state index in [0.717, 1.165) is 23.5 Å². The molecule has 1 N–H and O–H groups in total. The number of thioether (sulfide) groups is 1. The quantitative estimate of drug-likeness (QED) is 0.760. The Hall–Kier alpha value is -0.540. The van der Waals surface area contributed by atoms with Gasteiger partial charge in [-0.15, -0.1) is 0 Å². The van der Waals surface area contributed by atoms with Gasteiger partial charge in [-0.3, -0.25) is 0 Å². The van der Waals surface area contributed by atoms with Crippen molar-refractivity contribution in [2.24, 2.45) is 0 Å². The largest absolute Gasteiger partial charge is 0.396 e. The van der Waals surface area contributed by atoms with Crippen LogP contribution in [-0.2, 0) is 5.75 Å². The third-order valence-corrected chi connectivity index (χ3v) is 3.10. The van der Waals surface area contributed by atoms with Crippen LogP contribution < -0.4 is 0 Å². The van der Waals surface area contributed by atoms with Gasteiger partial charge in [0.15, 0.2) is 0 Å². The van der Waals surface area contributed by atoms with E-state index >= 15 is 0 Å². The summed E-state index contributed by atoms with van der Waals surface area (Å²) in [7, 11) is 0. The fourth-order valence-corrected chi connectivity index (χ4v) is 2.19. The van der Waals surface area contributed by atoms with Crippen molar-refractivity contribution in [3.63, 3.8) is 0 Å². The highest BCUT2D eigenvalue weighted by atomic mass is 32.2. The molecular formula is C11H15FOS. The van der Waals surface area contributed by atoms with Crippen molar-refractivity contribution in [2.45, 2.75) is 19.1 Å². The number of hydrogen-bond donors (Lipinski definition) is 1. The molecule has 0 unspecified atom stereocenters. The minimum atomic E-state index is -0.174. The SMILES string of the molecule is Cc1cc(F)ccc1CSCCCO. The van der Waals surface area contributed by atoms with E-state index in [1.54, 1.807) is 17.8 Å². The number of aliphatic hydroxyl groups is 1. The fraction of sp³-hybridized carbons (Fsp3) is 0.455. The Kier molecular flexibility index (Phi) is 4.98. The highest BCUT2D eigenvalue weighted by Gasteiger charge is 1.99. The number of aryl methyl sites for hydroxylation is 1. The molecule has 0 radical (unpaired) electrons. The summed E-state index contributed by atoms with van der Waals surface area (Å²) in [6, 6.07) is 4.88. The predicted molar refractivity (Wildman–Crippen MR) is 59.0 cm³/mol. The molecule has 0 heterocycles. The first kappa shape index (κ1) is 11.5. The van der Waals surface area contributed by atoms with Gasteiger partial charge in [-0.25, -0.2) is 4.39 Å². The molecule has 0 bridgehead atoms. The minimum absolute atomic E-state index is 0.174.